The van der Waals surface area contributed by atoms with E-state index >= 15 is 0 Å². The van der Waals surface area contributed by atoms with Crippen molar-refractivity contribution in [2.45, 2.75) is 31.6 Å². The van der Waals surface area contributed by atoms with Gasteiger partial charge in [-0.2, -0.15) is 0 Å². The van der Waals surface area contributed by atoms with E-state index in [1.165, 1.54) is 7.11 Å². The molecule has 0 amide bonds. The molecule has 0 unspecified atom stereocenters. The Hall–Kier alpha value is -2.25. The Morgan fingerprint density at radius 3 is 3.00 bits per heavy atom. The van der Waals surface area contributed by atoms with Crippen LogP contribution >= 0.6 is 0 Å². The van der Waals surface area contributed by atoms with Crippen LogP contribution in [0.3, 0.4) is 0 Å². The van der Waals surface area contributed by atoms with Crippen molar-refractivity contribution in [3.8, 4) is 5.75 Å². The Bertz CT molecular complexity index is 729. The molecular formula is C18H24N2O5. The molecule has 2 heterocycles. The molecule has 25 heavy (non-hydrogen) atoms. The molecule has 0 bridgehead atoms. The van der Waals surface area contributed by atoms with Gasteiger partial charge in [-0.3, -0.25) is 4.90 Å². The number of hydrogen-bond acceptors (Lipinski definition) is 6. The average molecular weight is 348 g/mol. The van der Waals surface area contributed by atoms with Gasteiger partial charge in [0.2, 0.25) is 0 Å². The van der Waals surface area contributed by atoms with Crippen LogP contribution in [0, 0.1) is 0 Å². The number of hydrogen-bond donors (Lipinski definition) is 2. The van der Waals surface area contributed by atoms with Crippen molar-refractivity contribution in [3.05, 3.63) is 30.0 Å². The number of methoxy groups -OCH3 is 2. The zero-order valence-corrected chi connectivity index (χ0v) is 14.5. The van der Waals surface area contributed by atoms with E-state index in [-0.39, 0.29) is 0 Å². The van der Waals surface area contributed by atoms with Crippen molar-refractivity contribution in [2.24, 2.45) is 0 Å². The van der Waals surface area contributed by atoms with Crippen molar-refractivity contribution in [1.29, 1.82) is 0 Å². The van der Waals surface area contributed by atoms with Crippen LogP contribution in [0.25, 0.3) is 10.9 Å². The molecule has 1 aromatic heterocycles. The third kappa shape index (κ3) is 3.88. The largest absolute Gasteiger partial charge is 0.508 e. The Labute approximate surface area is 146 Å². The highest BCUT2D eigenvalue weighted by molar-refractivity contribution is 5.84. The predicted octanol–water partition coefficient (Wildman–Crippen LogP) is 2.28. The van der Waals surface area contributed by atoms with Gasteiger partial charge in [0, 0.05) is 30.2 Å². The van der Waals surface area contributed by atoms with Gasteiger partial charge >= 0.3 is 6.16 Å². The summed E-state index contributed by atoms with van der Waals surface area (Å²) in [6, 6.07) is 5.93. The summed E-state index contributed by atoms with van der Waals surface area (Å²) in [5.74, 6) is 0.817. The summed E-state index contributed by atoms with van der Waals surface area (Å²) < 4.78 is 15.0. The van der Waals surface area contributed by atoms with Crippen LogP contribution < -0.4 is 4.74 Å². The number of H-pyrrole nitrogens is 1. The Kier molecular flexibility index (Phi) is 5.45. The zero-order chi connectivity index (χ0) is 17.8. The number of aliphatic hydroxyl groups excluding tert-OH is 1. The Morgan fingerprint density at radius 1 is 1.40 bits per heavy atom. The lowest BCUT2D eigenvalue weighted by atomic mass is 10.0. The Morgan fingerprint density at radius 2 is 2.24 bits per heavy atom. The maximum absolute atomic E-state index is 11.3. The van der Waals surface area contributed by atoms with Crippen molar-refractivity contribution in [2.75, 3.05) is 27.3 Å². The van der Waals surface area contributed by atoms with Crippen LogP contribution in [-0.4, -0.2) is 60.8 Å². The lowest BCUT2D eigenvalue weighted by Gasteiger charge is -2.37. The fraction of sp³-hybridized carbons (Fsp3) is 0.500. The van der Waals surface area contributed by atoms with Gasteiger partial charge in [0.25, 0.3) is 0 Å². The monoisotopic (exact) mass is 348 g/mol. The number of rotatable bonds is 5. The molecule has 1 aliphatic heterocycles. The second-order valence-corrected chi connectivity index (χ2v) is 6.18. The first kappa shape index (κ1) is 17.6. The van der Waals surface area contributed by atoms with Gasteiger partial charge in [0.05, 0.1) is 14.2 Å². The topological polar surface area (TPSA) is 84.0 Å². The molecule has 0 spiro atoms. The van der Waals surface area contributed by atoms with Crippen LogP contribution in [0.4, 0.5) is 4.79 Å². The minimum absolute atomic E-state index is 0.552. The first-order chi connectivity index (χ1) is 12.1. The molecule has 0 saturated carbocycles. The van der Waals surface area contributed by atoms with E-state index < -0.39 is 18.5 Å². The molecule has 1 aliphatic rings. The second-order valence-electron chi connectivity index (χ2n) is 6.18. The molecule has 7 nitrogen and oxygen atoms in total. The van der Waals surface area contributed by atoms with Crippen molar-refractivity contribution in [3.63, 3.8) is 0 Å². The van der Waals surface area contributed by atoms with Crippen molar-refractivity contribution >= 4 is 17.1 Å². The molecule has 1 fully saturated rings. The predicted molar refractivity (Wildman–Crippen MR) is 92.6 cm³/mol. The summed E-state index contributed by atoms with van der Waals surface area (Å²) in [6.45, 7) is 1.44. The fourth-order valence-electron chi connectivity index (χ4n) is 3.30. The molecule has 3 rings (SSSR count). The third-order valence-corrected chi connectivity index (χ3v) is 4.70. The van der Waals surface area contributed by atoms with Gasteiger partial charge in [0.1, 0.15) is 18.1 Å². The molecular weight excluding hydrogens is 324 g/mol. The van der Waals surface area contributed by atoms with Gasteiger partial charge in [-0.05, 0) is 43.0 Å². The second kappa shape index (κ2) is 7.76. The Balaban J connectivity index is 1.65. The van der Waals surface area contributed by atoms with Gasteiger partial charge in [-0.25, -0.2) is 4.79 Å². The number of nitrogens with one attached hydrogen (secondary N) is 1. The lowest BCUT2D eigenvalue weighted by Crippen LogP contribution is -2.50. The molecule has 0 radical (unpaired) electrons. The number of aromatic nitrogens is 1. The highest BCUT2D eigenvalue weighted by Crippen LogP contribution is 2.25. The molecule has 2 N–H and O–H groups in total. The van der Waals surface area contributed by atoms with E-state index in [2.05, 4.69) is 9.72 Å². The van der Waals surface area contributed by atoms with Crippen LogP contribution in [-0.2, 0) is 15.9 Å². The van der Waals surface area contributed by atoms with Crippen LogP contribution in [0.15, 0.2) is 24.4 Å². The van der Waals surface area contributed by atoms with Gasteiger partial charge < -0.3 is 24.3 Å². The average Bonchev–Trinajstić information content (AvgIpc) is 3.04. The van der Waals surface area contributed by atoms with E-state index in [0.29, 0.717) is 13.0 Å². The van der Waals surface area contributed by atoms with Crippen LogP contribution in [0.2, 0.25) is 0 Å². The molecule has 7 heteroatoms. The summed E-state index contributed by atoms with van der Waals surface area (Å²) >= 11 is 0. The molecule has 2 atom stereocenters. The zero-order valence-electron chi connectivity index (χ0n) is 14.5. The smallest absolute Gasteiger partial charge is 0.497 e. The third-order valence-electron chi connectivity index (χ3n) is 4.70. The fourth-order valence-corrected chi connectivity index (χ4v) is 3.30. The number of ether oxygens (including phenoxy) is 3. The van der Waals surface area contributed by atoms with Gasteiger partial charge in [-0.15, -0.1) is 0 Å². The normalized spacial score (nSPS) is 21.2. The first-order valence-electron chi connectivity index (χ1n) is 8.43. The molecule has 2 aromatic rings. The summed E-state index contributed by atoms with van der Waals surface area (Å²) in [6.07, 6.45) is 2.14. The maximum atomic E-state index is 11.3. The highest BCUT2D eigenvalue weighted by Gasteiger charge is 2.32. The van der Waals surface area contributed by atoms with Crippen LogP contribution in [0.1, 0.15) is 18.4 Å². The van der Waals surface area contributed by atoms with Gasteiger partial charge in [-0.1, -0.05) is 0 Å². The first-order valence-corrected chi connectivity index (χ1v) is 8.43. The van der Waals surface area contributed by atoms with E-state index in [1.807, 2.05) is 29.3 Å². The summed E-state index contributed by atoms with van der Waals surface area (Å²) in [5.41, 5.74) is 2.22. The SMILES string of the molecule is COC(=O)O[C@@H]1CCCN(CCc2c[nH]c3ccc(OC)cc23)[C@@H]1O. The summed E-state index contributed by atoms with van der Waals surface area (Å²) in [5, 5.41) is 11.6. The van der Waals surface area contributed by atoms with E-state index in [4.69, 9.17) is 9.47 Å². The number of benzene rings is 1. The molecule has 1 saturated heterocycles. The summed E-state index contributed by atoms with van der Waals surface area (Å²) in [4.78, 5) is 16.5. The number of aliphatic hydroxyl groups is 1. The maximum Gasteiger partial charge on any atom is 0.508 e. The standard InChI is InChI=1S/C18H24N2O5/c1-23-13-5-6-15-14(10-13)12(11-19-15)7-9-20-8-3-4-16(17(20)21)25-18(22)24-2/h5-6,10-11,16-17,19,21H,3-4,7-9H2,1-2H3/t16-,17-/m1/s1. The number of likely N-dealkylation sites (tertiary alicyclic amines) is 1. The number of piperidine rings is 1. The van der Waals surface area contributed by atoms with Crippen molar-refractivity contribution < 1.29 is 24.1 Å². The molecule has 136 valence electrons. The number of carbonyl (C=O) groups excluding carboxylic acids is 1. The van der Waals surface area contributed by atoms with Crippen molar-refractivity contribution in [1.82, 2.24) is 9.88 Å². The number of carbonyl (C=O) groups is 1. The summed E-state index contributed by atoms with van der Waals surface area (Å²) in [7, 11) is 2.92. The minimum atomic E-state index is -0.812. The van der Waals surface area contributed by atoms with Crippen LogP contribution in [0.5, 0.6) is 5.75 Å². The quantitative estimate of drug-likeness (QED) is 0.807. The minimum Gasteiger partial charge on any atom is -0.497 e. The number of nitrogens with zero attached hydrogens (tertiary/aromatic N) is 1. The van der Waals surface area contributed by atoms with E-state index in [0.717, 1.165) is 41.6 Å². The number of fused-ring (bicyclic) bond motifs is 1. The lowest BCUT2D eigenvalue weighted by molar-refractivity contribution is -0.119. The molecule has 0 aliphatic carbocycles. The number of aromatic amines is 1. The van der Waals surface area contributed by atoms with E-state index in [1.54, 1.807) is 7.11 Å². The highest BCUT2D eigenvalue weighted by atomic mass is 16.7. The molecule has 1 aromatic carbocycles. The van der Waals surface area contributed by atoms with E-state index in [9.17, 15) is 9.90 Å². The van der Waals surface area contributed by atoms with Gasteiger partial charge in [0.15, 0.2) is 0 Å².